The third kappa shape index (κ3) is 4.20. The zero-order valence-electron chi connectivity index (χ0n) is 10.3. The first-order valence-electron chi connectivity index (χ1n) is 6.18. The molecule has 0 aromatic carbocycles. The topological polar surface area (TPSA) is 33.0 Å². The first kappa shape index (κ1) is 13.0. The number of nitriles is 1. The second kappa shape index (κ2) is 7.24. The summed E-state index contributed by atoms with van der Waals surface area (Å²) < 4.78 is 5.78. The van der Waals surface area contributed by atoms with Crippen LogP contribution in [0.15, 0.2) is 23.3 Å². The number of rotatable bonds is 6. The lowest BCUT2D eigenvalue weighted by molar-refractivity contribution is 0.0823. The lowest BCUT2D eigenvalue weighted by atomic mass is 9.94. The Kier molecular flexibility index (Phi) is 5.88. The molecule has 0 aromatic rings. The van der Waals surface area contributed by atoms with Crippen molar-refractivity contribution >= 4 is 0 Å². The molecule has 1 atom stereocenters. The van der Waals surface area contributed by atoms with Crippen molar-refractivity contribution in [3.63, 3.8) is 0 Å². The monoisotopic (exact) mass is 219 g/mol. The van der Waals surface area contributed by atoms with Gasteiger partial charge in [0.15, 0.2) is 0 Å². The second-order valence-electron chi connectivity index (χ2n) is 4.13. The standard InChI is InChI=1S/C14H21NO/c1-3-12-9-13(4-2)11-14(10-12)16-8-6-5-7-15/h9-10,14H,3-6,8,11H2,1-2H3/t14-/m0/s1. The van der Waals surface area contributed by atoms with E-state index in [4.69, 9.17) is 10.00 Å². The average Bonchev–Trinajstić information content (AvgIpc) is 2.34. The van der Waals surface area contributed by atoms with Crippen LogP contribution in [0.3, 0.4) is 0 Å². The Bertz CT molecular complexity index is 309. The predicted octanol–water partition coefficient (Wildman–Crippen LogP) is 3.75. The number of ether oxygens (including phenoxy) is 1. The van der Waals surface area contributed by atoms with Gasteiger partial charge in [-0.1, -0.05) is 31.6 Å². The van der Waals surface area contributed by atoms with E-state index in [0.717, 1.165) is 25.7 Å². The molecule has 0 N–H and O–H groups in total. The molecule has 0 radical (unpaired) electrons. The van der Waals surface area contributed by atoms with Gasteiger partial charge in [-0.2, -0.15) is 5.26 Å². The highest BCUT2D eigenvalue weighted by atomic mass is 16.5. The van der Waals surface area contributed by atoms with Crippen LogP contribution in [0.1, 0.15) is 46.0 Å². The van der Waals surface area contributed by atoms with E-state index in [1.54, 1.807) is 0 Å². The number of hydrogen-bond acceptors (Lipinski definition) is 2. The normalized spacial score (nSPS) is 19.9. The summed E-state index contributed by atoms with van der Waals surface area (Å²) in [6.07, 6.45) is 9.39. The van der Waals surface area contributed by atoms with Crippen LogP contribution in [0, 0.1) is 11.3 Å². The first-order chi connectivity index (χ1) is 7.80. The van der Waals surface area contributed by atoms with Crippen molar-refractivity contribution in [3.05, 3.63) is 23.3 Å². The molecule has 0 spiro atoms. The zero-order valence-corrected chi connectivity index (χ0v) is 10.3. The summed E-state index contributed by atoms with van der Waals surface area (Å²) in [5.74, 6) is 0. The van der Waals surface area contributed by atoms with Crippen LogP contribution >= 0.6 is 0 Å². The Hall–Kier alpha value is -1.07. The molecule has 88 valence electrons. The molecule has 0 unspecified atom stereocenters. The molecule has 0 heterocycles. The predicted molar refractivity (Wildman–Crippen MR) is 66.0 cm³/mol. The van der Waals surface area contributed by atoms with Gasteiger partial charge in [-0.25, -0.2) is 0 Å². The Balaban J connectivity index is 2.41. The SMILES string of the molecule is CCC1=C[C@H](OCCCC#N)CC(CC)=C1. The Labute approximate surface area is 98.6 Å². The van der Waals surface area contributed by atoms with E-state index in [2.05, 4.69) is 32.1 Å². The number of allylic oxidation sites excluding steroid dienone is 2. The summed E-state index contributed by atoms with van der Waals surface area (Å²) in [4.78, 5) is 0. The molecule has 16 heavy (non-hydrogen) atoms. The molecule has 0 bridgehead atoms. The maximum atomic E-state index is 8.44. The summed E-state index contributed by atoms with van der Waals surface area (Å²) >= 11 is 0. The minimum atomic E-state index is 0.230. The number of hydrogen-bond donors (Lipinski definition) is 0. The third-order valence-electron chi connectivity index (χ3n) is 2.88. The molecule has 1 rings (SSSR count). The summed E-state index contributed by atoms with van der Waals surface area (Å²) in [6.45, 7) is 5.06. The largest absolute Gasteiger partial charge is 0.374 e. The minimum Gasteiger partial charge on any atom is -0.374 e. The highest BCUT2D eigenvalue weighted by Gasteiger charge is 2.13. The fourth-order valence-corrected chi connectivity index (χ4v) is 1.88. The van der Waals surface area contributed by atoms with Crippen molar-refractivity contribution < 1.29 is 4.74 Å². The molecular weight excluding hydrogens is 198 g/mol. The fraction of sp³-hybridized carbons (Fsp3) is 0.643. The van der Waals surface area contributed by atoms with E-state index < -0.39 is 0 Å². The zero-order chi connectivity index (χ0) is 11.8. The molecule has 1 aliphatic carbocycles. The third-order valence-corrected chi connectivity index (χ3v) is 2.88. The molecular formula is C14H21NO. The minimum absolute atomic E-state index is 0.230. The van der Waals surface area contributed by atoms with Crippen LogP contribution in [-0.4, -0.2) is 12.7 Å². The average molecular weight is 219 g/mol. The maximum absolute atomic E-state index is 8.44. The van der Waals surface area contributed by atoms with Gasteiger partial charge in [-0.05, 0) is 31.3 Å². The highest BCUT2D eigenvalue weighted by Crippen LogP contribution is 2.24. The van der Waals surface area contributed by atoms with Gasteiger partial charge in [0.1, 0.15) is 0 Å². The molecule has 0 saturated carbocycles. The van der Waals surface area contributed by atoms with Crippen molar-refractivity contribution in [2.24, 2.45) is 0 Å². The van der Waals surface area contributed by atoms with Crippen LogP contribution in [0.25, 0.3) is 0 Å². The van der Waals surface area contributed by atoms with E-state index in [1.165, 1.54) is 11.1 Å². The molecule has 2 nitrogen and oxygen atoms in total. The summed E-state index contributed by atoms with van der Waals surface area (Å²) in [5, 5.41) is 8.44. The van der Waals surface area contributed by atoms with Crippen molar-refractivity contribution in [1.29, 1.82) is 5.26 Å². The van der Waals surface area contributed by atoms with E-state index in [9.17, 15) is 0 Å². The van der Waals surface area contributed by atoms with Gasteiger partial charge in [-0.15, -0.1) is 0 Å². The smallest absolute Gasteiger partial charge is 0.0798 e. The Morgan fingerprint density at radius 3 is 2.88 bits per heavy atom. The Morgan fingerprint density at radius 1 is 1.44 bits per heavy atom. The van der Waals surface area contributed by atoms with Crippen molar-refractivity contribution in [3.8, 4) is 6.07 Å². The van der Waals surface area contributed by atoms with Gasteiger partial charge in [-0.3, -0.25) is 0 Å². The van der Waals surface area contributed by atoms with Crippen LogP contribution in [0.2, 0.25) is 0 Å². The Morgan fingerprint density at radius 2 is 2.25 bits per heavy atom. The van der Waals surface area contributed by atoms with Crippen molar-refractivity contribution in [2.45, 2.75) is 52.1 Å². The van der Waals surface area contributed by atoms with Crippen LogP contribution in [-0.2, 0) is 4.74 Å². The number of nitrogens with zero attached hydrogens (tertiary/aromatic N) is 1. The van der Waals surface area contributed by atoms with E-state index >= 15 is 0 Å². The van der Waals surface area contributed by atoms with Crippen LogP contribution in [0.5, 0.6) is 0 Å². The second-order valence-corrected chi connectivity index (χ2v) is 4.13. The van der Waals surface area contributed by atoms with Gasteiger partial charge >= 0.3 is 0 Å². The molecule has 0 aromatic heterocycles. The van der Waals surface area contributed by atoms with Crippen molar-refractivity contribution in [1.82, 2.24) is 0 Å². The molecule has 0 saturated heterocycles. The fourth-order valence-electron chi connectivity index (χ4n) is 1.88. The van der Waals surface area contributed by atoms with E-state index in [1.807, 2.05) is 0 Å². The summed E-state index contributed by atoms with van der Waals surface area (Å²) in [6, 6.07) is 2.14. The molecule has 0 aliphatic heterocycles. The van der Waals surface area contributed by atoms with E-state index in [-0.39, 0.29) is 6.10 Å². The molecule has 1 aliphatic rings. The van der Waals surface area contributed by atoms with E-state index in [0.29, 0.717) is 13.0 Å². The maximum Gasteiger partial charge on any atom is 0.0798 e. The van der Waals surface area contributed by atoms with Gasteiger partial charge < -0.3 is 4.74 Å². The van der Waals surface area contributed by atoms with Crippen LogP contribution in [0.4, 0.5) is 0 Å². The molecule has 0 fully saturated rings. The highest BCUT2D eigenvalue weighted by molar-refractivity contribution is 5.29. The van der Waals surface area contributed by atoms with Gasteiger partial charge in [0.2, 0.25) is 0 Å². The lowest BCUT2D eigenvalue weighted by Gasteiger charge is -2.21. The van der Waals surface area contributed by atoms with Gasteiger partial charge in [0.05, 0.1) is 12.2 Å². The lowest BCUT2D eigenvalue weighted by Crippen LogP contribution is -2.15. The van der Waals surface area contributed by atoms with Gasteiger partial charge in [0, 0.05) is 13.0 Å². The van der Waals surface area contributed by atoms with Crippen molar-refractivity contribution in [2.75, 3.05) is 6.61 Å². The van der Waals surface area contributed by atoms with Crippen LogP contribution < -0.4 is 0 Å². The molecule has 0 amide bonds. The molecule has 2 heteroatoms. The number of unbranched alkanes of at least 4 members (excludes halogenated alkanes) is 1. The van der Waals surface area contributed by atoms with Gasteiger partial charge in [0.25, 0.3) is 0 Å². The summed E-state index contributed by atoms with van der Waals surface area (Å²) in [7, 11) is 0. The quantitative estimate of drug-likeness (QED) is 0.637. The first-order valence-corrected chi connectivity index (χ1v) is 6.18. The summed E-state index contributed by atoms with van der Waals surface area (Å²) in [5.41, 5.74) is 2.86.